The highest BCUT2D eigenvalue weighted by molar-refractivity contribution is 7.91. The van der Waals surface area contributed by atoms with Gasteiger partial charge >= 0.3 is 5.97 Å². The van der Waals surface area contributed by atoms with Crippen molar-refractivity contribution in [2.45, 2.75) is 38.0 Å². The topological polar surface area (TPSA) is 71.4 Å². The first kappa shape index (κ1) is 14.1. The first-order valence-corrected chi connectivity index (χ1v) is 7.88. The van der Waals surface area contributed by atoms with Crippen LogP contribution in [0.15, 0.2) is 23.1 Å². The third-order valence-corrected chi connectivity index (χ3v) is 5.60. The SMILES string of the molecule is CC1CS(=O)(=O)c2cc(CC(C)(C)C(=O)O)ccc21. The summed E-state index contributed by atoms with van der Waals surface area (Å²) in [5.41, 5.74) is 0.697. The summed E-state index contributed by atoms with van der Waals surface area (Å²) >= 11 is 0. The molecule has 1 N–H and O–H groups in total. The molecule has 0 bridgehead atoms. The molecular formula is C14H18O4S. The number of carboxylic acids is 1. The molecular weight excluding hydrogens is 264 g/mol. The second kappa shape index (κ2) is 4.34. The van der Waals surface area contributed by atoms with Gasteiger partial charge in [-0.3, -0.25) is 4.79 Å². The van der Waals surface area contributed by atoms with Crippen LogP contribution in [-0.2, 0) is 21.1 Å². The van der Waals surface area contributed by atoms with Crippen molar-refractivity contribution in [1.29, 1.82) is 0 Å². The quantitative estimate of drug-likeness (QED) is 0.922. The maximum absolute atomic E-state index is 12.0. The van der Waals surface area contributed by atoms with Gasteiger partial charge in [0.15, 0.2) is 9.84 Å². The van der Waals surface area contributed by atoms with Gasteiger partial charge in [-0.1, -0.05) is 19.1 Å². The van der Waals surface area contributed by atoms with Crippen LogP contribution in [0.1, 0.15) is 37.8 Å². The molecule has 1 unspecified atom stereocenters. The van der Waals surface area contributed by atoms with Crippen LogP contribution >= 0.6 is 0 Å². The van der Waals surface area contributed by atoms with Crippen LogP contribution in [0.3, 0.4) is 0 Å². The van der Waals surface area contributed by atoms with Gasteiger partial charge in [-0.2, -0.15) is 0 Å². The molecule has 1 atom stereocenters. The van der Waals surface area contributed by atoms with Gasteiger partial charge in [0.2, 0.25) is 0 Å². The average molecular weight is 282 g/mol. The number of sulfone groups is 1. The Morgan fingerprint density at radius 2 is 2.05 bits per heavy atom. The molecule has 1 aromatic carbocycles. The molecule has 0 aromatic heterocycles. The zero-order valence-corrected chi connectivity index (χ0v) is 12.1. The molecule has 0 saturated carbocycles. The minimum atomic E-state index is -3.20. The lowest BCUT2D eigenvalue weighted by Gasteiger charge is -2.19. The standard InChI is InChI=1S/C14H18O4S/c1-9-8-19(17,18)12-6-10(4-5-11(9)12)7-14(2,3)13(15)16/h4-6,9H,7-8H2,1-3H3,(H,15,16). The van der Waals surface area contributed by atoms with Crippen molar-refractivity contribution in [2.24, 2.45) is 5.41 Å². The molecule has 4 nitrogen and oxygen atoms in total. The average Bonchev–Trinajstić information content (AvgIpc) is 2.48. The van der Waals surface area contributed by atoms with Crippen molar-refractivity contribution >= 4 is 15.8 Å². The van der Waals surface area contributed by atoms with E-state index in [4.69, 9.17) is 5.11 Å². The summed E-state index contributed by atoms with van der Waals surface area (Å²) in [6, 6.07) is 5.29. The highest BCUT2D eigenvalue weighted by atomic mass is 32.2. The number of fused-ring (bicyclic) bond motifs is 1. The molecule has 19 heavy (non-hydrogen) atoms. The normalized spacial score (nSPS) is 21.1. The Labute approximate surface area is 113 Å². The fourth-order valence-electron chi connectivity index (χ4n) is 2.46. The molecule has 5 heteroatoms. The third kappa shape index (κ3) is 2.52. The van der Waals surface area contributed by atoms with Crippen molar-refractivity contribution < 1.29 is 18.3 Å². The van der Waals surface area contributed by atoms with Gasteiger partial charge in [-0.25, -0.2) is 8.42 Å². The lowest BCUT2D eigenvalue weighted by molar-refractivity contribution is -0.146. The van der Waals surface area contributed by atoms with E-state index in [0.717, 1.165) is 11.1 Å². The lowest BCUT2D eigenvalue weighted by Crippen LogP contribution is -2.26. The number of carboxylic acid groups (broad SMARTS) is 1. The highest BCUT2D eigenvalue weighted by Gasteiger charge is 2.33. The van der Waals surface area contributed by atoms with Crippen LogP contribution in [0, 0.1) is 5.41 Å². The molecule has 0 fully saturated rings. The number of hydrogen-bond acceptors (Lipinski definition) is 3. The van der Waals surface area contributed by atoms with Crippen molar-refractivity contribution in [3.8, 4) is 0 Å². The Kier molecular flexibility index (Phi) is 3.21. The van der Waals surface area contributed by atoms with Gasteiger partial charge in [0.05, 0.1) is 16.1 Å². The number of benzene rings is 1. The Balaban J connectivity index is 2.41. The van der Waals surface area contributed by atoms with E-state index in [9.17, 15) is 13.2 Å². The van der Waals surface area contributed by atoms with Crippen LogP contribution in [0.25, 0.3) is 0 Å². The van der Waals surface area contributed by atoms with E-state index in [1.807, 2.05) is 19.1 Å². The Hall–Kier alpha value is -1.36. The van der Waals surface area contributed by atoms with E-state index in [1.54, 1.807) is 19.9 Å². The van der Waals surface area contributed by atoms with Crippen LogP contribution in [0.2, 0.25) is 0 Å². The summed E-state index contributed by atoms with van der Waals surface area (Å²) in [6.45, 7) is 5.17. The van der Waals surface area contributed by atoms with Gasteiger partial charge in [0.1, 0.15) is 0 Å². The van der Waals surface area contributed by atoms with Crippen LogP contribution < -0.4 is 0 Å². The van der Waals surface area contributed by atoms with Crippen LogP contribution in [0.4, 0.5) is 0 Å². The van der Waals surface area contributed by atoms with Gasteiger partial charge in [0.25, 0.3) is 0 Å². The lowest BCUT2D eigenvalue weighted by atomic mass is 9.85. The second-order valence-electron chi connectivity index (χ2n) is 5.92. The molecule has 1 aliphatic heterocycles. The van der Waals surface area contributed by atoms with Gasteiger partial charge in [0, 0.05) is 0 Å². The first-order chi connectivity index (χ1) is 8.63. The Bertz CT molecular complexity index is 629. The predicted octanol–water partition coefficient (Wildman–Crippen LogP) is 2.23. The molecule has 0 radical (unpaired) electrons. The van der Waals surface area contributed by atoms with E-state index in [0.29, 0.717) is 11.3 Å². The molecule has 0 aliphatic carbocycles. The summed E-state index contributed by atoms with van der Waals surface area (Å²) in [5, 5.41) is 9.12. The number of hydrogen-bond donors (Lipinski definition) is 1. The monoisotopic (exact) mass is 282 g/mol. The zero-order valence-electron chi connectivity index (χ0n) is 11.3. The van der Waals surface area contributed by atoms with Crippen molar-refractivity contribution in [2.75, 3.05) is 5.75 Å². The molecule has 104 valence electrons. The van der Waals surface area contributed by atoms with E-state index >= 15 is 0 Å². The first-order valence-electron chi connectivity index (χ1n) is 6.22. The maximum Gasteiger partial charge on any atom is 0.309 e. The molecule has 0 spiro atoms. The van der Waals surface area contributed by atoms with Crippen molar-refractivity contribution in [3.63, 3.8) is 0 Å². The van der Waals surface area contributed by atoms with Gasteiger partial charge in [-0.15, -0.1) is 0 Å². The summed E-state index contributed by atoms with van der Waals surface area (Å²) in [6.07, 6.45) is 0.319. The summed E-state index contributed by atoms with van der Waals surface area (Å²) in [5.74, 6) is -0.723. The largest absolute Gasteiger partial charge is 0.481 e. The van der Waals surface area contributed by atoms with E-state index in [2.05, 4.69) is 0 Å². The predicted molar refractivity (Wildman–Crippen MR) is 72.0 cm³/mol. The fourth-order valence-corrected chi connectivity index (χ4v) is 4.44. The maximum atomic E-state index is 12.0. The van der Waals surface area contributed by atoms with Crippen LogP contribution in [0.5, 0.6) is 0 Å². The smallest absolute Gasteiger partial charge is 0.309 e. The molecule has 2 rings (SSSR count). The highest BCUT2D eigenvalue weighted by Crippen LogP contribution is 2.36. The van der Waals surface area contributed by atoms with Crippen molar-refractivity contribution in [3.05, 3.63) is 29.3 Å². The summed E-state index contributed by atoms with van der Waals surface area (Å²) in [7, 11) is -3.20. The molecule has 0 amide bonds. The van der Waals surface area contributed by atoms with Crippen molar-refractivity contribution in [1.82, 2.24) is 0 Å². The van der Waals surface area contributed by atoms with E-state index in [1.165, 1.54) is 0 Å². The summed E-state index contributed by atoms with van der Waals surface area (Å²) < 4.78 is 24.0. The molecule has 1 aliphatic rings. The molecule has 1 heterocycles. The Morgan fingerprint density at radius 1 is 1.42 bits per heavy atom. The number of rotatable bonds is 3. The summed E-state index contributed by atoms with van der Waals surface area (Å²) in [4.78, 5) is 11.5. The minimum Gasteiger partial charge on any atom is -0.481 e. The number of aliphatic carboxylic acids is 1. The van der Waals surface area contributed by atoms with Gasteiger partial charge in [-0.05, 0) is 43.4 Å². The fraction of sp³-hybridized carbons (Fsp3) is 0.500. The zero-order chi connectivity index (χ0) is 14.4. The molecule has 0 saturated heterocycles. The van der Waals surface area contributed by atoms with Gasteiger partial charge < -0.3 is 5.11 Å². The second-order valence-corrected chi connectivity index (χ2v) is 7.92. The Morgan fingerprint density at radius 3 is 2.63 bits per heavy atom. The van der Waals surface area contributed by atoms with E-state index < -0.39 is 21.2 Å². The third-order valence-electron chi connectivity index (χ3n) is 3.64. The minimum absolute atomic E-state index is 0.0153. The molecule has 1 aromatic rings. The van der Waals surface area contributed by atoms with E-state index in [-0.39, 0.29) is 11.7 Å². The van der Waals surface area contributed by atoms with Crippen LogP contribution in [-0.4, -0.2) is 25.2 Å². The number of carbonyl (C=O) groups is 1.